The van der Waals surface area contributed by atoms with E-state index in [0.717, 1.165) is 26.7 Å². The summed E-state index contributed by atoms with van der Waals surface area (Å²) in [7, 11) is 2.68. The molecule has 0 spiro atoms. The van der Waals surface area contributed by atoms with Crippen molar-refractivity contribution in [2.75, 3.05) is 24.6 Å². The van der Waals surface area contributed by atoms with Crippen molar-refractivity contribution in [3.05, 3.63) is 124 Å². The van der Waals surface area contributed by atoms with E-state index in [1.54, 1.807) is 60.7 Å². The number of halogens is 4. The average Bonchev–Trinajstić information content (AvgIpc) is 3.56. The van der Waals surface area contributed by atoms with Crippen LogP contribution in [0, 0.1) is 30.6 Å². The van der Waals surface area contributed by atoms with Crippen molar-refractivity contribution in [1.29, 1.82) is 0 Å². The zero-order chi connectivity index (χ0) is 39.8. The molecule has 0 unspecified atom stereocenters. The molecule has 2 aliphatic heterocycles. The summed E-state index contributed by atoms with van der Waals surface area (Å²) in [5.74, 6) is -7.79. The minimum atomic E-state index is -4.82. The Hall–Kier alpha value is -5.89. The van der Waals surface area contributed by atoms with E-state index in [-0.39, 0.29) is 23.6 Å². The SMILES string of the molecule is COc1ccc([C@H]2C3=CC[C@@H]4C(=O)N(N(C)c5nc(C(F)(F)F)ccc5Cl)C(=O)[C@@H]4[C@@H]3C[C@H]3C(=O)N(Nc4ccc(C)cc4)C(=O)[C@@]23c2ccccc2)c(O)c1. The highest BCUT2D eigenvalue weighted by atomic mass is 35.5. The highest BCUT2D eigenvalue weighted by Gasteiger charge is 2.71. The van der Waals surface area contributed by atoms with Crippen molar-refractivity contribution in [1.82, 2.24) is 15.0 Å². The third-order valence-corrected chi connectivity index (χ3v) is 11.9. The normalized spacial score (nSPS) is 25.8. The van der Waals surface area contributed by atoms with Crippen molar-refractivity contribution in [3.63, 3.8) is 0 Å². The number of ether oxygens (including phenoxy) is 1. The van der Waals surface area contributed by atoms with Gasteiger partial charge in [0.15, 0.2) is 5.82 Å². The molecule has 4 amide bonds. The minimum absolute atomic E-state index is 0.0333. The van der Waals surface area contributed by atoms with Crippen LogP contribution in [0.15, 0.2) is 96.6 Å². The number of hydrogen-bond donors (Lipinski definition) is 2. The van der Waals surface area contributed by atoms with Crippen LogP contribution < -0.4 is 15.2 Å². The molecule has 15 heteroatoms. The van der Waals surface area contributed by atoms with Crippen LogP contribution in [0.4, 0.5) is 24.7 Å². The third-order valence-electron chi connectivity index (χ3n) is 11.6. The molecule has 1 saturated carbocycles. The summed E-state index contributed by atoms with van der Waals surface area (Å²) >= 11 is 6.30. The first-order chi connectivity index (χ1) is 26.7. The molecular weight excluding hydrogens is 751 g/mol. The predicted molar refractivity (Wildman–Crippen MR) is 198 cm³/mol. The lowest BCUT2D eigenvalue weighted by molar-refractivity contribution is -0.142. The van der Waals surface area contributed by atoms with Gasteiger partial charge >= 0.3 is 6.18 Å². The fourth-order valence-electron chi connectivity index (χ4n) is 9.18. The first-order valence-corrected chi connectivity index (χ1v) is 18.3. The zero-order valence-corrected chi connectivity index (χ0v) is 31.0. The Morgan fingerprint density at radius 1 is 0.946 bits per heavy atom. The maximum absolute atomic E-state index is 15.3. The smallest absolute Gasteiger partial charge is 0.433 e. The average molecular weight is 786 g/mol. The molecule has 2 N–H and O–H groups in total. The summed E-state index contributed by atoms with van der Waals surface area (Å²) in [4.78, 5) is 62.6. The standard InChI is InChI=1S/C41H35ClF3N5O6/c1-21-9-11-23(12-10-21)47-49-37(53)29-20-28-25(34(26-14-13-24(56-3)19-31(26)51)40(29,39(49)55)22-7-5-4-6-8-22)15-16-27-33(28)38(54)50(36(27)52)48(2)35-30(42)17-18-32(46-35)41(43,44)45/h4-15,17-19,27-29,33-34,47,51H,16,20H2,1-3H3/t27-,28+,29-,33-,34+,40+/m0/s1. The number of nitrogens with one attached hydrogen (secondary N) is 1. The Bertz CT molecular complexity index is 2320. The highest BCUT2D eigenvalue weighted by molar-refractivity contribution is 6.33. The van der Waals surface area contributed by atoms with Crippen LogP contribution in [0.3, 0.4) is 0 Å². The van der Waals surface area contributed by atoms with Crippen LogP contribution in [0.25, 0.3) is 0 Å². The lowest BCUT2D eigenvalue weighted by atomic mass is 9.49. The lowest BCUT2D eigenvalue weighted by Gasteiger charge is -2.50. The van der Waals surface area contributed by atoms with Crippen molar-refractivity contribution >= 4 is 46.7 Å². The van der Waals surface area contributed by atoms with E-state index >= 15 is 4.79 Å². The van der Waals surface area contributed by atoms with Gasteiger partial charge in [-0.15, -0.1) is 0 Å². The Balaban J connectivity index is 1.28. The molecule has 3 heterocycles. The fourth-order valence-corrected chi connectivity index (χ4v) is 9.40. The van der Waals surface area contributed by atoms with E-state index in [9.17, 15) is 32.7 Å². The van der Waals surface area contributed by atoms with E-state index < -0.39 is 76.3 Å². The molecule has 11 nitrogen and oxygen atoms in total. The number of carbonyl (C=O) groups is 4. The van der Waals surface area contributed by atoms with E-state index in [1.165, 1.54) is 20.2 Å². The molecule has 4 aromatic rings. The Kier molecular flexibility index (Phi) is 8.87. The zero-order valence-electron chi connectivity index (χ0n) is 30.3. The Morgan fingerprint density at radius 2 is 1.66 bits per heavy atom. The third kappa shape index (κ3) is 5.52. The summed E-state index contributed by atoms with van der Waals surface area (Å²) in [6.45, 7) is 1.90. The van der Waals surface area contributed by atoms with Crippen molar-refractivity contribution in [2.45, 2.75) is 37.3 Å². The summed E-state index contributed by atoms with van der Waals surface area (Å²) in [6.07, 6.45) is -3.02. The number of aromatic nitrogens is 1. The number of nitrogens with zero attached hydrogens (tertiary/aromatic N) is 4. The van der Waals surface area contributed by atoms with E-state index in [1.807, 2.05) is 19.1 Å². The van der Waals surface area contributed by atoms with Gasteiger partial charge in [0.05, 0.1) is 41.0 Å². The second kappa shape index (κ2) is 13.4. The number of alkyl halides is 3. The molecule has 3 aromatic carbocycles. The molecule has 8 rings (SSSR count). The number of methoxy groups -OCH3 is 1. The Labute approximate surface area is 324 Å². The molecule has 0 bridgehead atoms. The van der Waals surface area contributed by atoms with Gasteiger partial charge in [0, 0.05) is 24.6 Å². The molecule has 4 aliphatic rings. The molecule has 2 aliphatic carbocycles. The van der Waals surface area contributed by atoms with Crippen LogP contribution in [0.1, 0.15) is 41.1 Å². The van der Waals surface area contributed by atoms with E-state index in [2.05, 4.69) is 10.4 Å². The number of imide groups is 2. The van der Waals surface area contributed by atoms with Gasteiger partial charge in [-0.25, -0.2) is 4.98 Å². The van der Waals surface area contributed by atoms with Crippen LogP contribution in [-0.4, -0.2) is 57.9 Å². The highest BCUT2D eigenvalue weighted by Crippen LogP contribution is 2.65. The number of aryl methyl sites for hydroxylation is 1. The number of allylic oxidation sites excluding steroid dienone is 2. The van der Waals surface area contributed by atoms with Gasteiger partial charge in [-0.05, 0) is 61.6 Å². The number of carbonyl (C=O) groups excluding carboxylic acids is 4. The molecule has 2 saturated heterocycles. The number of rotatable bonds is 7. The predicted octanol–water partition coefficient (Wildman–Crippen LogP) is 6.81. The maximum atomic E-state index is 15.3. The maximum Gasteiger partial charge on any atom is 0.433 e. The first-order valence-electron chi connectivity index (χ1n) is 17.9. The van der Waals surface area contributed by atoms with Crippen LogP contribution in [0.5, 0.6) is 11.5 Å². The molecule has 0 radical (unpaired) electrons. The first kappa shape index (κ1) is 37.1. The van der Waals surface area contributed by atoms with Crippen molar-refractivity contribution < 1.29 is 42.2 Å². The second-order valence-corrected chi connectivity index (χ2v) is 14.9. The number of fused-ring (bicyclic) bond motifs is 4. The minimum Gasteiger partial charge on any atom is -0.508 e. The largest absolute Gasteiger partial charge is 0.508 e. The summed E-state index contributed by atoms with van der Waals surface area (Å²) in [5.41, 5.74) is 2.97. The molecular formula is C41H35ClF3N5O6. The number of amides is 4. The van der Waals surface area contributed by atoms with Gasteiger partial charge in [-0.2, -0.15) is 23.2 Å². The number of phenols is 1. The van der Waals surface area contributed by atoms with Gasteiger partial charge in [-0.3, -0.25) is 29.6 Å². The molecule has 288 valence electrons. The van der Waals surface area contributed by atoms with E-state index in [0.29, 0.717) is 34.2 Å². The number of aromatic hydroxyl groups is 1. The van der Waals surface area contributed by atoms with Crippen LogP contribution in [0.2, 0.25) is 5.02 Å². The Morgan fingerprint density at radius 3 is 2.32 bits per heavy atom. The molecule has 3 fully saturated rings. The monoisotopic (exact) mass is 785 g/mol. The molecule has 56 heavy (non-hydrogen) atoms. The molecule has 6 atom stereocenters. The number of phenolic OH excluding ortho intramolecular Hbond substituents is 1. The second-order valence-electron chi connectivity index (χ2n) is 14.5. The quantitative estimate of drug-likeness (QED) is 0.153. The number of anilines is 2. The summed E-state index contributed by atoms with van der Waals surface area (Å²) < 4.78 is 46.4. The van der Waals surface area contributed by atoms with Gasteiger partial charge in [0.2, 0.25) is 0 Å². The molecule has 1 aromatic heterocycles. The topological polar surface area (TPSA) is 132 Å². The fraction of sp³-hybridized carbons (Fsp3) is 0.293. The van der Waals surface area contributed by atoms with Gasteiger partial charge in [0.1, 0.15) is 17.2 Å². The lowest BCUT2D eigenvalue weighted by Crippen LogP contribution is -2.53. The van der Waals surface area contributed by atoms with Crippen molar-refractivity contribution in [2.24, 2.45) is 23.7 Å². The van der Waals surface area contributed by atoms with E-state index in [4.69, 9.17) is 16.3 Å². The van der Waals surface area contributed by atoms with Gasteiger partial charge < -0.3 is 9.84 Å². The van der Waals surface area contributed by atoms with Crippen LogP contribution in [-0.2, 0) is 30.8 Å². The van der Waals surface area contributed by atoms with Gasteiger partial charge in [-0.1, -0.05) is 77.3 Å². The van der Waals surface area contributed by atoms with Crippen molar-refractivity contribution in [3.8, 4) is 11.5 Å². The number of pyridine rings is 1. The number of hydrazine groups is 2. The summed E-state index contributed by atoms with van der Waals surface area (Å²) in [6, 6.07) is 22.4. The number of benzene rings is 3. The van der Waals surface area contributed by atoms with Gasteiger partial charge in [0.25, 0.3) is 23.6 Å². The summed E-state index contributed by atoms with van der Waals surface area (Å²) in [5, 5.41) is 14.2. The van der Waals surface area contributed by atoms with Crippen LogP contribution >= 0.6 is 11.6 Å². The number of hydrogen-bond acceptors (Lipinski definition) is 9.